The molecule has 0 spiro atoms. The van der Waals surface area contributed by atoms with Crippen LogP contribution in [0.25, 0.3) is 0 Å². The first-order chi connectivity index (χ1) is 9.91. The van der Waals surface area contributed by atoms with Gasteiger partial charge in [0.25, 0.3) is 0 Å². The second kappa shape index (κ2) is 6.10. The van der Waals surface area contributed by atoms with Gasteiger partial charge in [0.15, 0.2) is 0 Å². The number of carboxylic acid groups (broad SMARTS) is 1. The van der Waals surface area contributed by atoms with Crippen molar-refractivity contribution in [1.29, 1.82) is 0 Å². The zero-order valence-electron chi connectivity index (χ0n) is 12.8. The smallest absolute Gasteiger partial charge is 0.325 e. The van der Waals surface area contributed by atoms with E-state index in [1.807, 2.05) is 62.8 Å². The number of aromatic nitrogens is 2. The minimum Gasteiger partial charge on any atom is -0.480 e. The van der Waals surface area contributed by atoms with Crippen molar-refractivity contribution >= 4 is 5.97 Å². The first-order valence-corrected chi connectivity index (χ1v) is 6.95. The van der Waals surface area contributed by atoms with Gasteiger partial charge in [-0.25, -0.2) is 0 Å². The summed E-state index contributed by atoms with van der Waals surface area (Å²) in [5.41, 5.74) is 3.77. The fourth-order valence-electron chi connectivity index (χ4n) is 2.71. The van der Waals surface area contributed by atoms with Crippen molar-refractivity contribution in [2.45, 2.75) is 32.9 Å². The number of hydrogen-bond acceptors (Lipinski definition) is 3. The van der Waals surface area contributed by atoms with Gasteiger partial charge in [-0.1, -0.05) is 30.3 Å². The Labute approximate surface area is 124 Å². The first-order valence-electron chi connectivity index (χ1n) is 6.95. The lowest BCUT2D eigenvalue weighted by Crippen LogP contribution is -2.31. The van der Waals surface area contributed by atoms with Gasteiger partial charge in [-0.3, -0.25) is 14.8 Å². The van der Waals surface area contributed by atoms with E-state index in [0.717, 1.165) is 22.5 Å². The fourth-order valence-corrected chi connectivity index (χ4v) is 2.71. The molecule has 1 aromatic heterocycles. The number of aryl methyl sites for hydroxylation is 2. The van der Waals surface area contributed by atoms with E-state index >= 15 is 0 Å². The number of carbonyl (C=O) groups is 1. The summed E-state index contributed by atoms with van der Waals surface area (Å²) in [5.74, 6) is -0.882. The highest BCUT2D eigenvalue weighted by molar-refractivity contribution is 5.75. The Morgan fingerprint density at radius 2 is 1.90 bits per heavy atom. The van der Waals surface area contributed by atoms with Crippen LogP contribution in [-0.2, 0) is 11.8 Å². The lowest BCUT2D eigenvalue weighted by atomic mass is 10.0. The Morgan fingerprint density at radius 1 is 1.29 bits per heavy atom. The molecule has 0 saturated carbocycles. The highest BCUT2D eigenvalue weighted by Crippen LogP contribution is 2.24. The molecule has 2 atom stereocenters. The Kier molecular flexibility index (Phi) is 4.43. The van der Waals surface area contributed by atoms with Crippen LogP contribution in [0.1, 0.15) is 41.5 Å². The van der Waals surface area contributed by atoms with Gasteiger partial charge in [-0.2, -0.15) is 5.10 Å². The molecule has 5 heteroatoms. The van der Waals surface area contributed by atoms with Crippen LogP contribution >= 0.6 is 0 Å². The van der Waals surface area contributed by atoms with Crippen LogP contribution in [0.2, 0.25) is 0 Å². The summed E-state index contributed by atoms with van der Waals surface area (Å²) >= 11 is 0. The standard InChI is InChI=1S/C16H21N3O2/c1-10(14-11(2)18-19(4)12(14)3)17-15(16(20)21)13-8-6-5-7-9-13/h5-10,15,17H,1-4H3,(H,20,21). The van der Waals surface area contributed by atoms with Crippen LogP contribution in [0.3, 0.4) is 0 Å². The van der Waals surface area contributed by atoms with E-state index in [1.54, 1.807) is 0 Å². The third kappa shape index (κ3) is 3.13. The summed E-state index contributed by atoms with van der Waals surface area (Å²) in [4.78, 5) is 11.6. The topological polar surface area (TPSA) is 67.2 Å². The number of nitrogens with one attached hydrogen (secondary N) is 1. The van der Waals surface area contributed by atoms with E-state index in [9.17, 15) is 9.90 Å². The summed E-state index contributed by atoms with van der Waals surface area (Å²) in [6, 6.07) is 8.38. The highest BCUT2D eigenvalue weighted by Gasteiger charge is 2.24. The molecule has 0 saturated heterocycles. The summed E-state index contributed by atoms with van der Waals surface area (Å²) < 4.78 is 1.82. The van der Waals surface area contributed by atoms with E-state index < -0.39 is 12.0 Å². The molecule has 0 aliphatic heterocycles. The van der Waals surface area contributed by atoms with Crippen LogP contribution in [0, 0.1) is 13.8 Å². The maximum atomic E-state index is 11.6. The molecule has 0 radical (unpaired) electrons. The molecule has 2 rings (SSSR count). The Balaban J connectivity index is 2.27. The van der Waals surface area contributed by atoms with Crippen molar-refractivity contribution in [2.24, 2.45) is 7.05 Å². The maximum Gasteiger partial charge on any atom is 0.325 e. The van der Waals surface area contributed by atoms with Crippen molar-refractivity contribution in [3.8, 4) is 0 Å². The Hall–Kier alpha value is -2.14. The molecule has 112 valence electrons. The Morgan fingerprint density at radius 3 is 2.38 bits per heavy atom. The summed E-state index contributed by atoms with van der Waals surface area (Å²) in [6.45, 7) is 5.90. The minimum atomic E-state index is -0.882. The van der Waals surface area contributed by atoms with Crippen molar-refractivity contribution < 1.29 is 9.90 Å². The SMILES string of the molecule is Cc1nn(C)c(C)c1C(C)NC(C(=O)O)c1ccccc1. The maximum absolute atomic E-state index is 11.6. The molecule has 0 amide bonds. The van der Waals surface area contributed by atoms with Crippen LogP contribution in [0.15, 0.2) is 30.3 Å². The van der Waals surface area contributed by atoms with Gasteiger partial charge in [0.2, 0.25) is 0 Å². The molecule has 1 heterocycles. The predicted octanol–water partition coefficient (Wildman–Crippen LogP) is 2.51. The van der Waals surface area contributed by atoms with Gasteiger partial charge in [0.1, 0.15) is 6.04 Å². The van der Waals surface area contributed by atoms with E-state index in [4.69, 9.17) is 0 Å². The summed E-state index contributed by atoms with van der Waals surface area (Å²) in [7, 11) is 1.89. The van der Waals surface area contributed by atoms with E-state index in [2.05, 4.69) is 10.4 Å². The summed E-state index contributed by atoms with van der Waals surface area (Å²) in [6.07, 6.45) is 0. The molecular formula is C16H21N3O2. The minimum absolute atomic E-state index is 0.0972. The number of benzene rings is 1. The van der Waals surface area contributed by atoms with E-state index in [-0.39, 0.29) is 6.04 Å². The number of aliphatic carboxylic acids is 1. The lowest BCUT2D eigenvalue weighted by Gasteiger charge is -2.21. The number of hydrogen-bond donors (Lipinski definition) is 2. The lowest BCUT2D eigenvalue weighted by molar-refractivity contribution is -0.139. The van der Waals surface area contributed by atoms with Crippen LogP contribution in [0.4, 0.5) is 0 Å². The van der Waals surface area contributed by atoms with Crippen LogP contribution in [-0.4, -0.2) is 20.9 Å². The predicted molar refractivity (Wildman–Crippen MR) is 81.1 cm³/mol. The van der Waals surface area contributed by atoms with Gasteiger partial charge < -0.3 is 5.11 Å². The molecule has 0 bridgehead atoms. The van der Waals surface area contributed by atoms with E-state index in [0.29, 0.717) is 0 Å². The molecule has 0 fully saturated rings. The Bertz CT molecular complexity index is 634. The van der Waals surface area contributed by atoms with Gasteiger partial charge in [0.05, 0.1) is 5.69 Å². The van der Waals surface area contributed by atoms with E-state index in [1.165, 1.54) is 0 Å². The molecule has 2 N–H and O–H groups in total. The molecule has 5 nitrogen and oxygen atoms in total. The molecule has 1 aromatic carbocycles. The quantitative estimate of drug-likeness (QED) is 0.886. The molecule has 2 aromatic rings. The second-order valence-electron chi connectivity index (χ2n) is 5.28. The average Bonchev–Trinajstić information content (AvgIpc) is 2.70. The van der Waals surface area contributed by atoms with Gasteiger partial charge >= 0.3 is 5.97 Å². The van der Waals surface area contributed by atoms with Crippen molar-refractivity contribution in [3.05, 3.63) is 52.8 Å². The molecular weight excluding hydrogens is 266 g/mol. The zero-order chi connectivity index (χ0) is 15.6. The number of rotatable bonds is 5. The van der Waals surface area contributed by atoms with Crippen LogP contribution < -0.4 is 5.32 Å². The molecule has 2 unspecified atom stereocenters. The van der Waals surface area contributed by atoms with Crippen molar-refractivity contribution in [2.75, 3.05) is 0 Å². The monoisotopic (exact) mass is 287 g/mol. The normalized spacial score (nSPS) is 13.9. The number of nitrogens with zero attached hydrogens (tertiary/aromatic N) is 2. The third-order valence-electron chi connectivity index (χ3n) is 3.79. The molecule has 0 aliphatic carbocycles. The fraction of sp³-hybridized carbons (Fsp3) is 0.375. The highest BCUT2D eigenvalue weighted by atomic mass is 16.4. The third-order valence-corrected chi connectivity index (χ3v) is 3.79. The average molecular weight is 287 g/mol. The molecule has 0 aliphatic rings. The summed E-state index contributed by atoms with van der Waals surface area (Å²) in [5, 5.41) is 17.1. The van der Waals surface area contributed by atoms with Crippen molar-refractivity contribution in [3.63, 3.8) is 0 Å². The van der Waals surface area contributed by atoms with Gasteiger partial charge in [0, 0.05) is 24.3 Å². The van der Waals surface area contributed by atoms with Gasteiger partial charge in [-0.05, 0) is 26.3 Å². The second-order valence-corrected chi connectivity index (χ2v) is 5.28. The van der Waals surface area contributed by atoms with Crippen LogP contribution in [0.5, 0.6) is 0 Å². The van der Waals surface area contributed by atoms with Crippen molar-refractivity contribution in [1.82, 2.24) is 15.1 Å². The largest absolute Gasteiger partial charge is 0.480 e. The van der Waals surface area contributed by atoms with Gasteiger partial charge in [-0.15, -0.1) is 0 Å². The number of carboxylic acids is 1. The zero-order valence-corrected chi connectivity index (χ0v) is 12.8. The first kappa shape index (κ1) is 15.3. The molecule has 21 heavy (non-hydrogen) atoms.